The summed E-state index contributed by atoms with van der Waals surface area (Å²) in [5, 5.41) is 4.95. The van der Waals surface area contributed by atoms with Gasteiger partial charge in [0.15, 0.2) is 6.10 Å². The molecule has 1 aromatic rings. The predicted octanol–water partition coefficient (Wildman–Crippen LogP) is 2.79. The molecular formula is C23H29N3O6. The third-order valence-corrected chi connectivity index (χ3v) is 5.77. The van der Waals surface area contributed by atoms with Gasteiger partial charge in [0.2, 0.25) is 0 Å². The Morgan fingerprint density at radius 1 is 1.09 bits per heavy atom. The summed E-state index contributed by atoms with van der Waals surface area (Å²) in [4.78, 5) is 62.9. The van der Waals surface area contributed by atoms with Gasteiger partial charge in [0, 0.05) is 12.6 Å². The van der Waals surface area contributed by atoms with Crippen LogP contribution in [0.5, 0.6) is 0 Å². The van der Waals surface area contributed by atoms with Gasteiger partial charge in [-0.1, -0.05) is 32.6 Å². The highest BCUT2D eigenvalue weighted by atomic mass is 16.5. The Morgan fingerprint density at radius 3 is 2.47 bits per heavy atom. The molecule has 1 aromatic carbocycles. The third-order valence-electron chi connectivity index (χ3n) is 5.77. The molecule has 3 rings (SSSR count). The fourth-order valence-electron chi connectivity index (χ4n) is 3.90. The lowest BCUT2D eigenvalue weighted by atomic mass is 9.96. The SMILES string of the molecule is CCCCN1C(=O)c2ccc(C(=O)O[C@@H](C)C(=O)NC(=O)NC3CCCCC3)cc2C1=O. The van der Waals surface area contributed by atoms with Crippen molar-refractivity contribution in [1.29, 1.82) is 0 Å². The van der Waals surface area contributed by atoms with Gasteiger partial charge in [0.25, 0.3) is 17.7 Å². The van der Waals surface area contributed by atoms with Crippen LogP contribution < -0.4 is 10.6 Å². The maximum Gasteiger partial charge on any atom is 0.338 e. The topological polar surface area (TPSA) is 122 Å². The summed E-state index contributed by atoms with van der Waals surface area (Å²) >= 11 is 0. The van der Waals surface area contributed by atoms with Crippen molar-refractivity contribution in [2.75, 3.05) is 6.54 Å². The fraction of sp³-hybridized carbons (Fsp3) is 0.522. The second kappa shape index (κ2) is 10.4. The molecule has 0 bridgehead atoms. The van der Waals surface area contributed by atoms with Gasteiger partial charge in [0.1, 0.15) is 0 Å². The number of urea groups is 1. The highest BCUT2D eigenvalue weighted by Crippen LogP contribution is 2.25. The van der Waals surface area contributed by atoms with Crippen molar-refractivity contribution in [3.8, 4) is 0 Å². The summed E-state index contributed by atoms with van der Waals surface area (Å²) in [7, 11) is 0. The Bertz CT molecular complexity index is 922. The Labute approximate surface area is 186 Å². The van der Waals surface area contributed by atoms with Crippen LogP contribution in [-0.4, -0.2) is 53.3 Å². The van der Waals surface area contributed by atoms with Crippen molar-refractivity contribution < 1.29 is 28.7 Å². The zero-order chi connectivity index (χ0) is 23.3. The second-order valence-electron chi connectivity index (χ2n) is 8.22. The van der Waals surface area contributed by atoms with E-state index in [2.05, 4.69) is 10.6 Å². The number of imide groups is 2. The Hall–Kier alpha value is -3.23. The van der Waals surface area contributed by atoms with Crippen LogP contribution >= 0.6 is 0 Å². The highest BCUT2D eigenvalue weighted by molar-refractivity contribution is 6.22. The monoisotopic (exact) mass is 443 g/mol. The molecule has 1 fully saturated rings. The molecule has 2 aliphatic rings. The number of fused-ring (bicyclic) bond motifs is 1. The van der Waals surface area contributed by atoms with Crippen LogP contribution in [0.3, 0.4) is 0 Å². The van der Waals surface area contributed by atoms with E-state index in [1.165, 1.54) is 30.0 Å². The van der Waals surface area contributed by atoms with E-state index >= 15 is 0 Å². The van der Waals surface area contributed by atoms with Crippen LogP contribution in [-0.2, 0) is 9.53 Å². The number of unbranched alkanes of at least 4 members (excludes halogenated alkanes) is 1. The smallest absolute Gasteiger partial charge is 0.338 e. The van der Waals surface area contributed by atoms with Crippen molar-refractivity contribution >= 4 is 29.7 Å². The van der Waals surface area contributed by atoms with Crippen LogP contribution in [0.1, 0.15) is 89.9 Å². The average molecular weight is 444 g/mol. The van der Waals surface area contributed by atoms with E-state index in [1.807, 2.05) is 6.92 Å². The summed E-state index contributed by atoms with van der Waals surface area (Å²) in [6.45, 7) is 3.64. The van der Waals surface area contributed by atoms with E-state index in [0.717, 1.165) is 38.5 Å². The average Bonchev–Trinajstić information content (AvgIpc) is 3.02. The molecule has 1 aliphatic heterocycles. The van der Waals surface area contributed by atoms with Crippen LogP contribution in [0.25, 0.3) is 0 Å². The Morgan fingerprint density at radius 2 is 1.78 bits per heavy atom. The van der Waals surface area contributed by atoms with E-state index < -0.39 is 29.9 Å². The highest BCUT2D eigenvalue weighted by Gasteiger charge is 2.35. The van der Waals surface area contributed by atoms with Crippen LogP contribution in [0.4, 0.5) is 4.79 Å². The molecule has 1 heterocycles. The molecule has 9 nitrogen and oxygen atoms in total. The molecule has 1 atom stereocenters. The maximum absolute atomic E-state index is 12.5. The minimum absolute atomic E-state index is 0.0398. The number of carbonyl (C=O) groups excluding carboxylic acids is 5. The van der Waals surface area contributed by atoms with E-state index in [9.17, 15) is 24.0 Å². The molecule has 1 aliphatic carbocycles. The van der Waals surface area contributed by atoms with Gasteiger partial charge in [-0.2, -0.15) is 0 Å². The van der Waals surface area contributed by atoms with Gasteiger partial charge in [-0.25, -0.2) is 9.59 Å². The number of benzene rings is 1. The third kappa shape index (κ3) is 5.33. The zero-order valence-electron chi connectivity index (χ0n) is 18.4. The largest absolute Gasteiger partial charge is 0.449 e. The lowest BCUT2D eigenvalue weighted by molar-refractivity contribution is -0.127. The molecular weight excluding hydrogens is 414 g/mol. The van der Waals surface area contributed by atoms with Crippen LogP contribution in [0.2, 0.25) is 0 Å². The summed E-state index contributed by atoms with van der Waals surface area (Å²) in [6, 6.07) is 3.54. The zero-order valence-corrected chi connectivity index (χ0v) is 18.4. The molecule has 0 aromatic heterocycles. The molecule has 5 amide bonds. The number of ether oxygens (including phenoxy) is 1. The molecule has 172 valence electrons. The molecule has 0 spiro atoms. The molecule has 0 saturated heterocycles. The Balaban J connectivity index is 1.57. The quantitative estimate of drug-likeness (QED) is 0.494. The summed E-state index contributed by atoms with van der Waals surface area (Å²) in [5.74, 6) is -2.39. The van der Waals surface area contributed by atoms with E-state index in [4.69, 9.17) is 4.74 Å². The number of nitrogens with one attached hydrogen (secondary N) is 2. The minimum Gasteiger partial charge on any atom is -0.449 e. The van der Waals surface area contributed by atoms with E-state index in [-0.39, 0.29) is 28.6 Å². The second-order valence-corrected chi connectivity index (χ2v) is 8.22. The molecule has 1 saturated carbocycles. The molecule has 0 radical (unpaired) electrons. The number of hydrogen-bond acceptors (Lipinski definition) is 6. The standard InChI is InChI=1S/C23H29N3O6/c1-3-4-12-26-20(28)17-11-10-15(13-18(17)21(26)29)22(30)32-14(2)19(27)25-23(31)24-16-8-6-5-7-9-16/h10-11,13-14,16H,3-9,12H2,1-2H3,(H2,24,25,27,31)/t14-/m0/s1. The first-order valence-electron chi connectivity index (χ1n) is 11.1. The van der Waals surface area contributed by atoms with E-state index in [1.54, 1.807) is 0 Å². The van der Waals surface area contributed by atoms with Gasteiger partial charge >= 0.3 is 12.0 Å². The normalized spacial score (nSPS) is 17.0. The lowest BCUT2D eigenvalue weighted by Crippen LogP contribution is -2.48. The van der Waals surface area contributed by atoms with Gasteiger partial charge in [0.05, 0.1) is 16.7 Å². The number of amides is 5. The van der Waals surface area contributed by atoms with Gasteiger partial charge in [-0.3, -0.25) is 24.6 Å². The van der Waals surface area contributed by atoms with Crippen molar-refractivity contribution in [2.24, 2.45) is 0 Å². The van der Waals surface area contributed by atoms with Crippen molar-refractivity contribution in [1.82, 2.24) is 15.5 Å². The maximum atomic E-state index is 12.5. The van der Waals surface area contributed by atoms with E-state index in [0.29, 0.717) is 13.0 Å². The number of nitrogens with zero attached hydrogens (tertiary/aromatic N) is 1. The number of hydrogen-bond donors (Lipinski definition) is 2. The number of rotatable bonds is 7. The first kappa shape index (κ1) is 23.4. The number of carbonyl (C=O) groups is 5. The van der Waals surface area contributed by atoms with Gasteiger partial charge < -0.3 is 10.1 Å². The van der Waals surface area contributed by atoms with Crippen molar-refractivity contribution in [2.45, 2.75) is 70.9 Å². The fourth-order valence-corrected chi connectivity index (χ4v) is 3.90. The first-order chi connectivity index (χ1) is 15.3. The minimum atomic E-state index is -1.22. The van der Waals surface area contributed by atoms with Crippen LogP contribution in [0, 0.1) is 0 Å². The molecule has 2 N–H and O–H groups in total. The molecule has 0 unspecified atom stereocenters. The van der Waals surface area contributed by atoms with Crippen molar-refractivity contribution in [3.63, 3.8) is 0 Å². The summed E-state index contributed by atoms with van der Waals surface area (Å²) in [5.41, 5.74) is 0.436. The van der Waals surface area contributed by atoms with Gasteiger partial charge in [-0.05, 0) is 44.4 Å². The molecule has 32 heavy (non-hydrogen) atoms. The summed E-state index contributed by atoms with van der Waals surface area (Å²) < 4.78 is 5.16. The summed E-state index contributed by atoms with van der Waals surface area (Å²) in [6.07, 6.45) is 5.29. The first-order valence-corrected chi connectivity index (χ1v) is 11.1. The predicted molar refractivity (Wildman–Crippen MR) is 115 cm³/mol. The lowest BCUT2D eigenvalue weighted by Gasteiger charge is -2.23. The number of esters is 1. The van der Waals surface area contributed by atoms with Crippen molar-refractivity contribution in [3.05, 3.63) is 34.9 Å². The molecule has 9 heteroatoms. The Kier molecular flexibility index (Phi) is 7.61. The van der Waals surface area contributed by atoms with Gasteiger partial charge in [-0.15, -0.1) is 0 Å². The van der Waals surface area contributed by atoms with Crippen LogP contribution in [0.15, 0.2) is 18.2 Å².